The largest absolute Gasteiger partial charge is 0.496 e. The van der Waals surface area contributed by atoms with Gasteiger partial charge in [0.1, 0.15) is 5.75 Å². The molecule has 1 aliphatic heterocycles. The minimum absolute atomic E-state index is 0.0103. The van der Waals surface area contributed by atoms with Crippen molar-refractivity contribution in [3.05, 3.63) is 53.6 Å². The Labute approximate surface area is 149 Å². The van der Waals surface area contributed by atoms with E-state index in [1.165, 1.54) is 0 Å². The summed E-state index contributed by atoms with van der Waals surface area (Å²) in [5.41, 5.74) is 4.64. The number of anilines is 2. The van der Waals surface area contributed by atoms with E-state index < -0.39 is 0 Å². The summed E-state index contributed by atoms with van der Waals surface area (Å²) in [4.78, 5) is 16.6. The fourth-order valence-corrected chi connectivity index (χ4v) is 3.30. The van der Waals surface area contributed by atoms with Crippen LogP contribution in [-0.4, -0.2) is 33.2 Å². The number of rotatable bonds is 5. The number of fused-ring (bicyclic) bond motifs is 1. The number of nitrogens with zero attached hydrogens (tertiary/aromatic N) is 2. The van der Waals surface area contributed by atoms with E-state index in [1.807, 2.05) is 49.5 Å². The van der Waals surface area contributed by atoms with E-state index in [0.717, 1.165) is 41.3 Å². The lowest BCUT2D eigenvalue weighted by atomic mass is 10.0. The Morgan fingerprint density at radius 2 is 1.84 bits per heavy atom. The van der Waals surface area contributed by atoms with Crippen LogP contribution in [0.3, 0.4) is 0 Å². The maximum atomic E-state index is 12.6. The molecule has 0 aromatic heterocycles. The lowest BCUT2D eigenvalue weighted by Crippen LogP contribution is -2.21. The van der Waals surface area contributed by atoms with Crippen LogP contribution in [0.2, 0.25) is 0 Å². The van der Waals surface area contributed by atoms with Crippen molar-refractivity contribution in [2.24, 2.45) is 0 Å². The van der Waals surface area contributed by atoms with E-state index in [2.05, 4.69) is 24.8 Å². The number of carbonyl (C=O) groups is 1. The van der Waals surface area contributed by atoms with Gasteiger partial charge in [-0.05, 0) is 38.1 Å². The molecule has 0 atom stereocenters. The summed E-state index contributed by atoms with van der Waals surface area (Å²) in [6.45, 7) is 6.15. The van der Waals surface area contributed by atoms with Gasteiger partial charge in [0, 0.05) is 48.6 Å². The first kappa shape index (κ1) is 17.1. The molecule has 0 aliphatic carbocycles. The molecule has 0 saturated heterocycles. The Balaban J connectivity index is 2.06. The van der Waals surface area contributed by atoms with E-state index in [9.17, 15) is 4.79 Å². The van der Waals surface area contributed by atoms with Crippen molar-refractivity contribution in [3.8, 4) is 5.75 Å². The molecule has 3 rings (SSSR count). The minimum Gasteiger partial charge on any atom is -0.496 e. The van der Waals surface area contributed by atoms with Gasteiger partial charge in [0.05, 0.1) is 12.8 Å². The van der Waals surface area contributed by atoms with Crippen LogP contribution in [0.5, 0.6) is 5.75 Å². The maximum absolute atomic E-state index is 12.6. The van der Waals surface area contributed by atoms with Crippen LogP contribution in [0.1, 0.15) is 25.0 Å². The Morgan fingerprint density at radius 1 is 1.12 bits per heavy atom. The molecule has 1 amide bonds. The lowest BCUT2D eigenvalue weighted by molar-refractivity contribution is -0.112. The zero-order chi connectivity index (χ0) is 18.0. The number of hydrogen-bond acceptors (Lipinski definition) is 3. The van der Waals surface area contributed by atoms with Gasteiger partial charge in [0.25, 0.3) is 5.91 Å². The van der Waals surface area contributed by atoms with Crippen molar-refractivity contribution >= 4 is 28.9 Å². The Hall–Kier alpha value is -2.75. The number of hydrogen-bond donors (Lipinski definition) is 0. The first-order chi connectivity index (χ1) is 12.1. The highest BCUT2D eigenvalue weighted by atomic mass is 16.5. The fourth-order valence-electron chi connectivity index (χ4n) is 3.30. The number of likely N-dealkylation sites (N-methyl/N-ethyl adjacent to an activating group) is 1. The standard InChI is InChI=1S/C21H24N2O2/c1-5-23(6-2)16-12-11-15(20(14-16)25-4)13-18-17-9-7-8-10-19(17)22(3)21(18)24/h7-14H,5-6H2,1-4H3/b18-13-. The average Bonchev–Trinajstić information content (AvgIpc) is 2.89. The highest BCUT2D eigenvalue weighted by Crippen LogP contribution is 2.38. The lowest BCUT2D eigenvalue weighted by Gasteiger charge is -2.22. The van der Waals surface area contributed by atoms with Crippen LogP contribution in [0.25, 0.3) is 11.6 Å². The van der Waals surface area contributed by atoms with Crippen LogP contribution in [0.15, 0.2) is 42.5 Å². The monoisotopic (exact) mass is 336 g/mol. The van der Waals surface area contributed by atoms with Gasteiger partial charge in [-0.25, -0.2) is 0 Å². The van der Waals surface area contributed by atoms with E-state index in [1.54, 1.807) is 12.0 Å². The van der Waals surface area contributed by atoms with Crippen molar-refractivity contribution in [3.63, 3.8) is 0 Å². The predicted octanol–water partition coefficient (Wildman–Crippen LogP) is 4.06. The van der Waals surface area contributed by atoms with Gasteiger partial charge in [-0.15, -0.1) is 0 Å². The molecule has 0 bridgehead atoms. The van der Waals surface area contributed by atoms with Crippen molar-refractivity contribution < 1.29 is 9.53 Å². The highest BCUT2D eigenvalue weighted by Gasteiger charge is 2.29. The van der Waals surface area contributed by atoms with Crippen LogP contribution in [0, 0.1) is 0 Å². The molecule has 0 radical (unpaired) electrons. The van der Waals surface area contributed by atoms with Crippen LogP contribution in [0.4, 0.5) is 11.4 Å². The SMILES string of the molecule is CCN(CC)c1ccc(/C=C2\C(=O)N(C)c3ccccc32)c(OC)c1. The molecular formula is C21H24N2O2. The molecule has 0 saturated carbocycles. The fraction of sp³-hybridized carbons (Fsp3) is 0.286. The molecule has 2 aromatic rings. The molecule has 4 nitrogen and oxygen atoms in total. The van der Waals surface area contributed by atoms with E-state index in [0.29, 0.717) is 5.57 Å². The third-order valence-corrected chi connectivity index (χ3v) is 4.74. The number of ether oxygens (including phenoxy) is 1. The highest BCUT2D eigenvalue weighted by molar-refractivity contribution is 6.35. The third kappa shape index (κ3) is 3.00. The van der Waals surface area contributed by atoms with Gasteiger partial charge >= 0.3 is 0 Å². The summed E-state index contributed by atoms with van der Waals surface area (Å²) in [5.74, 6) is 0.785. The number of methoxy groups -OCH3 is 1. The summed E-state index contributed by atoms with van der Waals surface area (Å²) >= 11 is 0. The number of amides is 1. The first-order valence-electron chi connectivity index (χ1n) is 8.62. The number of benzene rings is 2. The normalized spacial score (nSPS) is 14.8. The first-order valence-corrected chi connectivity index (χ1v) is 8.62. The molecular weight excluding hydrogens is 312 g/mol. The molecule has 0 N–H and O–H groups in total. The molecule has 1 heterocycles. The second-order valence-corrected chi connectivity index (χ2v) is 6.04. The quantitative estimate of drug-likeness (QED) is 0.772. The number of carbonyl (C=O) groups excluding carboxylic acids is 1. The minimum atomic E-state index is 0.0103. The Bertz CT molecular complexity index is 822. The van der Waals surface area contributed by atoms with Crippen LogP contribution in [-0.2, 0) is 4.79 Å². The number of para-hydroxylation sites is 1. The zero-order valence-electron chi connectivity index (χ0n) is 15.2. The molecule has 2 aromatic carbocycles. The second-order valence-electron chi connectivity index (χ2n) is 6.04. The third-order valence-electron chi connectivity index (χ3n) is 4.74. The molecule has 0 fully saturated rings. The Morgan fingerprint density at radius 3 is 2.52 bits per heavy atom. The Kier molecular flexibility index (Phi) is 4.79. The van der Waals surface area contributed by atoms with Gasteiger partial charge in [0.15, 0.2) is 0 Å². The molecule has 130 valence electrons. The smallest absolute Gasteiger partial charge is 0.258 e. The summed E-state index contributed by atoms with van der Waals surface area (Å²) in [5, 5.41) is 0. The van der Waals surface area contributed by atoms with Gasteiger partial charge in [-0.2, -0.15) is 0 Å². The molecule has 25 heavy (non-hydrogen) atoms. The second kappa shape index (κ2) is 7.01. The van der Waals surface area contributed by atoms with Crippen LogP contribution >= 0.6 is 0 Å². The van der Waals surface area contributed by atoms with Gasteiger partial charge < -0.3 is 14.5 Å². The summed E-state index contributed by atoms with van der Waals surface area (Å²) < 4.78 is 5.59. The van der Waals surface area contributed by atoms with Crippen LogP contribution < -0.4 is 14.5 Å². The predicted molar refractivity (Wildman–Crippen MR) is 104 cm³/mol. The molecule has 1 aliphatic rings. The summed E-state index contributed by atoms with van der Waals surface area (Å²) in [6.07, 6.45) is 1.93. The average molecular weight is 336 g/mol. The zero-order valence-corrected chi connectivity index (χ0v) is 15.2. The van der Waals surface area contributed by atoms with Crippen molar-refractivity contribution in [2.45, 2.75) is 13.8 Å². The van der Waals surface area contributed by atoms with Gasteiger partial charge in [-0.1, -0.05) is 18.2 Å². The van der Waals surface area contributed by atoms with Gasteiger partial charge in [-0.3, -0.25) is 4.79 Å². The maximum Gasteiger partial charge on any atom is 0.258 e. The summed E-state index contributed by atoms with van der Waals surface area (Å²) in [6, 6.07) is 14.0. The van der Waals surface area contributed by atoms with Gasteiger partial charge in [0.2, 0.25) is 0 Å². The van der Waals surface area contributed by atoms with Crippen molar-refractivity contribution in [1.82, 2.24) is 0 Å². The molecule has 0 spiro atoms. The summed E-state index contributed by atoms with van der Waals surface area (Å²) in [7, 11) is 3.47. The van der Waals surface area contributed by atoms with Crippen molar-refractivity contribution in [1.29, 1.82) is 0 Å². The molecule has 0 unspecified atom stereocenters. The molecule has 4 heteroatoms. The van der Waals surface area contributed by atoms with Crippen molar-refractivity contribution in [2.75, 3.05) is 37.0 Å². The van der Waals surface area contributed by atoms with E-state index in [4.69, 9.17) is 4.74 Å². The van der Waals surface area contributed by atoms with E-state index >= 15 is 0 Å². The topological polar surface area (TPSA) is 32.8 Å². The van der Waals surface area contributed by atoms with E-state index in [-0.39, 0.29) is 5.91 Å².